The molecule has 0 aromatic carbocycles. The number of fused-ring (bicyclic) bond motifs is 2. The Kier molecular flexibility index (Phi) is 2.27. The quantitative estimate of drug-likeness (QED) is 0.832. The number of pyridine rings is 1. The van der Waals surface area contributed by atoms with Crippen molar-refractivity contribution >= 4 is 16.7 Å². The Bertz CT molecular complexity index is 581. The highest BCUT2D eigenvalue weighted by Crippen LogP contribution is 2.37. The zero-order valence-electron chi connectivity index (χ0n) is 10.2. The number of nitrogens with zero attached hydrogens (tertiary/aromatic N) is 1. The Morgan fingerprint density at radius 2 is 2.33 bits per heavy atom. The van der Waals surface area contributed by atoms with Gasteiger partial charge in [-0.2, -0.15) is 0 Å². The third-order valence-electron chi connectivity index (χ3n) is 4.16. The van der Waals surface area contributed by atoms with Crippen molar-refractivity contribution in [1.82, 2.24) is 10.3 Å². The molecule has 2 aromatic rings. The number of nitrogens with one attached hydrogen (secondary N) is 1. The van der Waals surface area contributed by atoms with Crippen LogP contribution >= 0.6 is 0 Å². The molecule has 4 rings (SSSR count). The molecule has 1 aliphatic heterocycles. The summed E-state index contributed by atoms with van der Waals surface area (Å²) >= 11 is 0. The highest BCUT2D eigenvalue weighted by atomic mass is 16.3. The number of hydrogen-bond donors (Lipinski definition) is 1. The minimum Gasteiger partial charge on any atom is -0.455 e. The van der Waals surface area contributed by atoms with Crippen LogP contribution in [0.2, 0.25) is 0 Å². The average molecular weight is 240 g/mol. The van der Waals surface area contributed by atoms with Crippen LogP contribution in [0.4, 0.5) is 0 Å². The number of hydrogen-bond acceptors (Lipinski definition) is 3. The van der Waals surface area contributed by atoms with Gasteiger partial charge in [0.25, 0.3) is 0 Å². The van der Waals surface area contributed by atoms with Gasteiger partial charge in [0.05, 0.1) is 0 Å². The Hall–Kier alpha value is -1.61. The summed E-state index contributed by atoms with van der Waals surface area (Å²) in [6.45, 7) is 1.13. The summed E-state index contributed by atoms with van der Waals surface area (Å²) in [6.07, 6.45) is 7.91. The van der Waals surface area contributed by atoms with Crippen LogP contribution in [0, 0.1) is 5.92 Å². The van der Waals surface area contributed by atoms with Gasteiger partial charge in [-0.1, -0.05) is 6.08 Å². The Balaban J connectivity index is 1.79. The fraction of sp³-hybridized carbons (Fsp3) is 0.400. The topological polar surface area (TPSA) is 38.1 Å². The largest absolute Gasteiger partial charge is 0.455 e. The van der Waals surface area contributed by atoms with E-state index in [4.69, 9.17) is 4.42 Å². The molecule has 0 bridgehead atoms. The lowest BCUT2D eigenvalue weighted by Crippen LogP contribution is -2.30. The molecule has 1 saturated heterocycles. The van der Waals surface area contributed by atoms with E-state index in [2.05, 4.69) is 22.4 Å². The smallest absolute Gasteiger partial charge is 0.153 e. The fourth-order valence-corrected chi connectivity index (χ4v) is 3.28. The van der Waals surface area contributed by atoms with E-state index in [-0.39, 0.29) is 0 Å². The predicted molar refractivity (Wildman–Crippen MR) is 71.1 cm³/mol. The second kappa shape index (κ2) is 3.95. The number of furan rings is 1. The number of aromatic nitrogens is 1. The molecule has 1 aliphatic carbocycles. The van der Waals surface area contributed by atoms with E-state index in [9.17, 15) is 0 Å². The Morgan fingerprint density at radius 1 is 1.33 bits per heavy atom. The molecule has 1 fully saturated rings. The van der Waals surface area contributed by atoms with Crippen LogP contribution in [0.1, 0.15) is 25.0 Å². The zero-order chi connectivity index (χ0) is 11.9. The second-order valence-corrected chi connectivity index (χ2v) is 5.21. The molecule has 3 heteroatoms. The van der Waals surface area contributed by atoms with Gasteiger partial charge in [-0.15, -0.1) is 0 Å². The van der Waals surface area contributed by atoms with E-state index in [0.717, 1.165) is 29.3 Å². The summed E-state index contributed by atoms with van der Waals surface area (Å²) < 4.78 is 5.94. The Labute approximate surface area is 106 Å². The summed E-state index contributed by atoms with van der Waals surface area (Å²) in [4.78, 5) is 4.34. The van der Waals surface area contributed by atoms with Crippen LogP contribution < -0.4 is 5.32 Å². The van der Waals surface area contributed by atoms with E-state index >= 15 is 0 Å². The maximum absolute atomic E-state index is 5.94. The van der Waals surface area contributed by atoms with Gasteiger partial charge in [0.15, 0.2) is 5.58 Å². The van der Waals surface area contributed by atoms with Crippen molar-refractivity contribution in [2.75, 3.05) is 6.54 Å². The summed E-state index contributed by atoms with van der Waals surface area (Å²) in [5.74, 6) is 1.78. The normalized spacial score (nSPS) is 27.2. The van der Waals surface area contributed by atoms with Crippen LogP contribution in [0.5, 0.6) is 0 Å². The van der Waals surface area contributed by atoms with E-state index in [1.54, 1.807) is 0 Å². The standard InChI is InChI=1S/C15H16N2O/c1-3-10-6-8-17-15(10)11(4-1)14-9-12-13(18-14)5-2-7-16-12/h2,4-5,7,9-10,15,17H,1,3,6,8H2/t10-,15+/m0/s1. The van der Waals surface area contributed by atoms with Crippen molar-refractivity contribution in [2.24, 2.45) is 5.92 Å². The third-order valence-corrected chi connectivity index (χ3v) is 4.16. The van der Waals surface area contributed by atoms with Crippen molar-refractivity contribution in [2.45, 2.75) is 25.3 Å². The molecule has 0 radical (unpaired) electrons. The van der Waals surface area contributed by atoms with Gasteiger partial charge in [-0.25, -0.2) is 0 Å². The first-order valence-electron chi connectivity index (χ1n) is 6.70. The first-order chi connectivity index (χ1) is 8.92. The van der Waals surface area contributed by atoms with Crippen molar-refractivity contribution in [3.63, 3.8) is 0 Å². The number of allylic oxidation sites excluding steroid dienone is 1. The highest BCUT2D eigenvalue weighted by molar-refractivity contribution is 5.79. The molecule has 0 amide bonds. The maximum Gasteiger partial charge on any atom is 0.153 e. The van der Waals surface area contributed by atoms with E-state index in [1.165, 1.54) is 24.8 Å². The van der Waals surface area contributed by atoms with Crippen LogP contribution in [0.15, 0.2) is 34.9 Å². The fourth-order valence-electron chi connectivity index (χ4n) is 3.28. The van der Waals surface area contributed by atoms with Gasteiger partial charge >= 0.3 is 0 Å². The van der Waals surface area contributed by atoms with Gasteiger partial charge in [0.1, 0.15) is 11.3 Å². The minimum absolute atomic E-state index is 0.485. The highest BCUT2D eigenvalue weighted by Gasteiger charge is 2.33. The molecular formula is C15H16N2O. The van der Waals surface area contributed by atoms with E-state index in [0.29, 0.717) is 6.04 Å². The lowest BCUT2D eigenvalue weighted by atomic mass is 9.84. The predicted octanol–water partition coefficient (Wildman–Crippen LogP) is 2.98. The summed E-state index contributed by atoms with van der Waals surface area (Å²) in [5, 5.41) is 3.60. The monoisotopic (exact) mass is 240 g/mol. The first-order valence-corrected chi connectivity index (χ1v) is 6.70. The first kappa shape index (κ1) is 10.3. The van der Waals surface area contributed by atoms with E-state index in [1.807, 2.05) is 18.3 Å². The van der Waals surface area contributed by atoms with Gasteiger partial charge in [0.2, 0.25) is 0 Å². The molecule has 3 heterocycles. The lowest BCUT2D eigenvalue weighted by molar-refractivity contribution is 0.460. The molecule has 2 aromatic heterocycles. The van der Waals surface area contributed by atoms with Crippen molar-refractivity contribution in [3.8, 4) is 0 Å². The maximum atomic E-state index is 5.94. The lowest BCUT2D eigenvalue weighted by Gasteiger charge is -2.25. The summed E-state index contributed by atoms with van der Waals surface area (Å²) in [5.41, 5.74) is 3.17. The second-order valence-electron chi connectivity index (χ2n) is 5.21. The van der Waals surface area contributed by atoms with Crippen molar-refractivity contribution < 1.29 is 4.42 Å². The molecule has 0 unspecified atom stereocenters. The molecule has 3 nitrogen and oxygen atoms in total. The SMILES string of the molecule is C1=C(c2cc3ncccc3o2)[C@@H]2NCC[C@@H]2CC1. The molecular weight excluding hydrogens is 224 g/mol. The van der Waals surface area contributed by atoms with Crippen molar-refractivity contribution in [1.29, 1.82) is 0 Å². The van der Waals surface area contributed by atoms with Crippen LogP contribution in [0.25, 0.3) is 16.7 Å². The average Bonchev–Trinajstić information content (AvgIpc) is 3.04. The molecule has 2 atom stereocenters. The van der Waals surface area contributed by atoms with Crippen molar-refractivity contribution in [3.05, 3.63) is 36.2 Å². The van der Waals surface area contributed by atoms with Crippen LogP contribution in [-0.2, 0) is 0 Å². The van der Waals surface area contributed by atoms with Crippen LogP contribution in [0.3, 0.4) is 0 Å². The molecule has 0 spiro atoms. The minimum atomic E-state index is 0.485. The molecule has 0 saturated carbocycles. The summed E-state index contributed by atoms with van der Waals surface area (Å²) in [7, 11) is 0. The molecule has 1 N–H and O–H groups in total. The summed E-state index contributed by atoms with van der Waals surface area (Å²) in [6, 6.07) is 6.46. The van der Waals surface area contributed by atoms with Crippen LogP contribution in [-0.4, -0.2) is 17.6 Å². The molecule has 92 valence electrons. The Morgan fingerprint density at radius 3 is 3.28 bits per heavy atom. The van der Waals surface area contributed by atoms with Gasteiger partial charge < -0.3 is 9.73 Å². The molecule has 18 heavy (non-hydrogen) atoms. The van der Waals surface area contributed by atoms with Gasteiger partial charge in [-0.3, -0.25) is 4.98 Å². The van der Waals surface area contributed by atoms with Gasteiger partial charge in [0, 0.05) is 23.9 Å². The number of rotatable bonds is 1. The third kappa shape index (κ3) is 1.51. The molecule has 2 aliphatic rings. The van der Waals surface area contributed by atoms with E-state index < -0.39 is 0 Å². The van der Waals surface area contributed by atoms with Gasteiger partial charge in [-0.05, 0) is 43.9 Å². The zero-order valence-corrected chi connectivity index (χ0v) is 10.2.